The molecule has 5 nitrogen and oxygen atoms in total. The van der Waals surface area contributed by atoms with Crippen molar-refractivity contribution in [2.75, 3.05) is 26.7 Å². The fourth-order valence-electron chi connectivity index (χ4n) is 5.09. The zero-order chi connectivity index (χ0) is 24.8. The topological polar surface area (TPSA) is 62.7 Å². The highest BCUT2D eigenvalue weighted by Gasteiger charge is 2.41. The second-order valence-electron chi connectivity index (χ2n) is 9.43. The number of likely N-dealkylation sites (tertiary alicyclic amines) is 1. The van der Waals surface area contributed by atoms with Crippen LogP contribution >= 0.6 is 11.6 Å². The summed E-state index contributed by atoms with van der Waals surface area (Å²) in [6.45, 7) is 2.37. The maximum atomic E-state index is 15.6. The number of carboxylic acid groups (broad SMARTS) is 1. The summed E-state index contributed by atoms with van der Waals surface area (Å²) in [5.74, 6) is -0.238. The molecule has 35 heavy (non-hydrogen) atoms. The average Bonchev–Trinajstić information content (AvgIpc) is 2.88. The fourth-order valence-corrected chi connectivity index (χ4v) is 5.36. The Bertz CT molecular complexity index is 1150. The maximum absolute atomic E-state index is 15.6. The number of carbonyl (C=O) groups is 1. The summed E-state index contributed by atoms with van der Waals surface area (Å²) in [4.78, 5) is 18.9. The first-order valence-corrected chi connectivity index (χ1v) is 12.6. The molecule has 0 radical (unpaired) electrons. The van der Waals surface area contributed by atoms with E-state index in [0.29, 0.717) is 48.1 Å². The molecule has 1 aliphatic rings. The minimum atomic E-state index is -1.39. The van der Waals surface area contributed by atoms with Gasteiger partial charge in [-0.1, -0.05) is 41.9 Å². The number of hydrogen-bond acceptors (Lipinski definition) is 4. The Morgan fingerprint density at radius 1 is 1.23 bits per heavy atom. The van der Waals surface area contributed by atoms with Crippen LogP contribution in [0.2, 0.25) is 5.02 Å². The molecule has 186 valence electrons. The van der Waals surface area contributed by atoms with Crippen LogP contribution in [-0.2, 0) is 11.2 Å². The Morgan fingerprint density at radius 2 is 1.97 bits per heavy atom. The van der Waals surface area contributed by atoms with E-state index in [2.05, 4.69) is 22.0 Å². The second kappa shape index (κ2) is 11.4. The number of fused-ring (bicyclic) bond motifs is 1. The molecule has 0 unspecified atom stereocenters. The van der Waals surface area contributed by atoms with Crippen LogP contribution in [-0.4, -0.2) is 47.7 Å². The third-order valence-corrected chi connectivity index (χ3v) is 7.61. The number of nitrogens with zero attached hydrogens (tertiary/aromatic N) is 2. The van der Waals surface area contributed by atoms with Crippen molar-refractivity contribution in [1.82, 2.24) is 9.88 Å². The predicted octanol–water partition coefficient (Wildman–Crippen LogP) is 6.49. The van der Waals surface area contributed by atoms with E-state index >= 15 is 4.39 Å². The van der Waals surface area contributed by atoms with E-state index < -0.39 is 17.6 Å². The molecule has 1 atom stereocenters. The molecular formula is C28H32ClFN2O3. The molecule has 0 saturated carbocycles. The summed E-state index contributed by atoms with van der Waals surface area (Å²) in [6.07, 6.45) is 3.53. The standard InChI is InChI=1S/C28H32ClFN2O3/c1-35-21-9-10-25-22(18-21)26(23(29)19-31-25)24(30)11-12-28(27(33)34)13-16-32(17-14-28)15-5-8-20-6-3-2-4-7-20/h2-4,6-7,9-10,18-19,24H,5,8,11-17H2,1H3,(H,33,34)/t24-/m1/s1. The molecule has 0 amide bonds. The number of alkyl halides is 1. The predicted molar refractivity (Wildman–Crippen MR) is 137 cm³/mol. The zero-order valence-corrected chi connectivity index (χ0v) is 20.8. The van der Waals surface area contributed by atoms with E-state index in [-0.39, 0.29) is 17.9 Å². The van der Waals surface area contributed by atoms with Crippen molar-refractivity contribution < 1.29 is 19.0 Å². The lowest BCUT2D eigenvalue weighted by Crippen LogP contribution is -2.44. The van der Waals surface area contributed by atoms with Crippen molar-refractivity contribution >= 4 is 28.5 Å². The molecule has 7 heteroatoms. The summed E-state index contributed by atoms with van der Waals surface area (Å²) < 4.78 is 20.9. The number of rotatable bonds is 10. The molecule has 3 aromatic rings. The number of halogens is 2. The van der Waals surface area contributed by atoms with Gasteiger partial charge in [0.15, 0.2) is 0 Å². The van der Waals surface area contributed by atoms with Crippen molar-refractivity contribution in [3.8, 4) is 5.75 Å². The number of methoxy groups -OCH3 is 1. The lowest BCUT2D eigenvalue weighted by molar-refractivity contribution is -0.153. The minimum absolute atomic E-state index is 0.0936. The number of piperidine rings is 1. The molecule has 1 fully saturated rings. The smallest absolute Gasteiger partial charge is 0.309 e. The summed E-state index contributed by atoms with van der Waals surface area (Å²) >= 11 is 6.36. The summed E-state index contributed by atoms with van der Waals surface area (Å²) in [5, 5.41) is 10.9. The Balaban J connectivity index is 1.38. The number of ether oxygens (including phenoxy) is 1. The van der Waals surface area contributed by atoms with Gasteiger partial charge in [-0.3, -0.25) is 9.78 Å². The number of hydrogen-bond donors (Lipinski definition) is 1. The van der Waals surface area contributed by atoms with Gasteiger partial charge in [0.2, 0.25) is 0 Å². The van der Waals surface area contributed by atoms with E-state index in [1.54, 1.807) is 25.3 Å². The second-order valence-corrected chi connectivity index (χ2v) is 9.83. The van der Waals surface area contributed by atoms with Gasteiger partial charge in [-0.25, -0.2) is 4.39 Å². The molecule has 4 rings (SSSR count). The third kappa shape index (κ3) is 5.93. The monoisotopic (exact) mass is 498 g/mol. The van der Waals surface area contributed by atoms with E-state index in [9.17, 15) is 9.90 Å². The van der Waals surface area contributed by atoms with Crippen molar-refractivity contribution in [3.63, 3.8) is 0 Å². The third-order valence-electron chi connectivity index (χ3n) is 7.31. The van der Waals surface area contributed by atoms with Gasteiger partial charge in [-0.2, -0.15) is 0 Å². The molecule has 1 saturated heterocycles. The van der Waals surface area contributed by atoms with Crippen LogP contribution in [0.25, 0.3) is 10.9 Å². The first kappa shape index (κ1) is 25.4. The van der Waals surface area contributed by atoms with Crippen molar-refractivity contribution in [2.24, 2.45) is 5.41 Å². The average molecular weight is 499 g/mol. The van der Waals surface area contributed by atoms with Crippen molar-refractivity contribution in [1.29, 1.82) is 0 Å². The largest absolute Gasteiger partial charge is 0.497 e. The number of pyridine rings is 1. The van der Waals surface area contributed by atoms with Gasteiger partial charge in [0, 0.05) is 17.1 Å². The lowest BCUT2D eigenvalue weighted by atomic mass is 9.74. The van der Waals surface area contributed by atoms with Crippen LogP contribution in [0.4, 0.5) is 4.39 Å². The summed E-state index contributed by atoms with van der Waals surface area (Å²) in [7, 11) is 1.55. The van der Waals surface area contributed by atoms with E-state index in [1.165, 1.54) is 11.8 Å². The molecule has 0 aliphatic carbocycles. The van der Waals surface area contributed by atoms with Gasteiger partial charge in [0.05, 0.1) is 23.1 Å². The minimum Gasteiger partial charge on any atom is -0.497 e. The van der Waals surface area contributed by atoms with Gasteiger partial charge < -0.3 is 14.7 Å². The van der Waals surface area contributed by atoms with Gasteiger partial charge in [-0.05, 0) is 81.9 Å². The maximum Gasteiger partial charge on any atom is 0.309 e. The molecule has 2 aromatic carbocycles. The van der Waals surface area contributed by atoms with Crippen molar-refractivity contribution in [3.05, 3.63) is 70.9 Å². The number of aromatic nitrogens is 1. The van der Waals surface area contributed by atoms with E-state index in [4.69, 9.17) is 16.3 Å². The lowest BCUT2D eigenvalue weighted by Gasteiger charge is -2.39. The number of aliphatic carboxylic acids is 1. The summed E-state index contributed by atoms with van der Waals surface area (Å²) in [6, 6.07) is 15.7. The van der Waals surface area contributed by atoms with E-state index in [1.807, 2.05) is 18.2 Å². The van der Waals surface area contributed by atoms with Crippen LogP contribution in [0.1, 0.15) is 49.4 Å². The van der Waals surface area contributed by atoms with Crippen LogP contribution in [0.15, 0.2) is 54.7 Å². The van der Waals surface area contributed by atoms with Crippen LogP contribution in [0, 0.1) is 5.41 Å². The quantitative estimate of drug-likeness (QED) is 0.346. The molecule has 0 spiro atoms. The first-order valence-electron chi connectivity index (χ1n) is 12.2. The Kier molecular flexibility index (Phi) is 8.24. The van der Waals surface area contributed by atoms with Crippen LogP contribution < -0.4 is 4.74 Å². The Hall–Kier alpha value is -2.70. The first-order chi connectivity index (χ1) is 16.9. The van der Waals surface area contributed by atoms with Gasteiger partial charge in [0.1, 0.15) is 11.9 Å². The molecule has 0 bridgehead atoms. The highest BCUT2D eigenvalue weighted by Crippen LogP contribution is 2.42. The van der Waals surface area contributed by atoms with E-state index in [0.717, 1.165) is 19.4 Å². The zero-order valence-electron chi connectivity index (χ0n) is 20.1. The number of aryl methyl sites for hydroxylation is 1. The molecule has 1 N–H and O–H groups in total. The highest BCUT2D eigenvalue weighted by molar-refractivity contribution is 6.32. The molecule has 1 aliphatic heterocycles. The van der Waals surface area contributed by atoms with Crippen molar-refractivity contribution in [2.45, 2.75) is 44.7 Å². The van der Waals surface area contributed by atoms with Crippen LogP contribution in [0.5, 0.6) is 5.75 Å². The van der Waals surface area contributed by atoms with Crippen LogP contribution in [0.3, 0.4) is 0 Å². The molecule has 1 aromatic heterocycles. The number of benzene rings is 2. The fraction of sp³-hybridized carbons (Fsp3) is 0.429. The Morgan fingerprint density at radius 3 is 2.66 bits per heavy atom. The number of carboxylic acids is 1. The van der Waals surface area contributed by atoms with Gasteiger partial charge >= 0.3 is 5.97 Å². The normalized spacial score (nSPS) is 16.8. The molecular weight excluding hydrogens is 467 g/mol. The SMILES string of the molecule is COc1ccc2ncc(Cl)c([C@H](F)CCC3(C(=O)O)CCN(CCCc4ccccc4)CC3)c2c1. The van der Waals surface area contributed by atoms with Gasteiger partial charge in [0.25, 0.3) is 0 Å². The highest BCUT2D eigenvalue weighted by atomic mass is 35.5. The van der Waals surface area contributed by atoms with Gasteiger partial charge in [-0.15, -0.1) is 0 Å². The summed E-state index contributed by atoms with van der Waals surface area (Å²) in [5.41, 5.74) is 1.39. The Labute approximate surface area is 210 Å². The molecule has 2 heterocycles.